The van der Waals surface area contributed by atoms with Crippen molar-refractivity contribution in [2.75, 3.05) is 0 Å². The van der Waals surface area contributed by atoms with Crippen LogP contribution in [0.1, 0.15) is 85.5 Å². The number of hydrogen-bond donors (Lipinski definition) is 1. The van der Waals surface area contributed by atoms with Crippen LogP contribution in [-0.4, -0.2) is 59.5 Å². The third kappa shape index (κ3) is 9.25. The number of carbonyl (C=O) groups is 4. The standard InChI is InChI=1S/C22H36O9/c1-5-9-17(25)29-20-14(4)28-15(12-8-13-16(23)24)21(30-18(26)10-6-2)22(20)31-19(27)11-7-3/h14-15,20-22H,5-13H2,1-4H3,(H,23,24)/t14-,15?,20+,21-,22+/m0/s1. The van der Waals surface area contributed by atoms with Crippen molar-refractivity contribution in [3.8, 4) is 0 Å². The van der Waals surface area contributed by atoms with E-state index in [4.69, 9.17) is 24.1 Å². The quantitative estimate of drug-likeness (QED) is 0.337. The Morgan fingerprint density at radius 3 is 1.65 bits per heavy atom. The monoisotopic (exact) mass is 444 g/mol. The van der Waals surface area contributed by atoms with Crippen molar-refractivity contribution in [1.29, 1.82) is 0 Å². The molecule has 1 rings (SSSR count). The molecule has 1 N–H and O–H groups in total. The topological polar surface area (TPSA) is 125 Å². The molecule has 0 amide bonds. The Kier molecular flexibility index (Phi) is 12.1. The van der Waals surface area contributed by atoms with Gasteiger partial charge in [0, 0.05) is 25.7 Å². The van der Waals surface area contributed by atoms with Crippen LogP contribution in [0.5, 0.6) is 0 Å². The first-order valence-electron chi connectivity index (χ1n) is 11.2. The van der Waals surface area contributed by atoms with E-state index in [2.05, 4.69) is 0 Å². The van der Waals surface area contributed by atoms with Crippen LogP contribution >= 0.6 is 0 Å². The number of rotatable bonds is 13. The zero-order valence-corrected chi connectivity index (χ0v) is 19.0. The van der Waals surface area contributed by atoms with Crippen LogP contribution in [-0.2, 0) is 38.1 Å². The van der Waals surface area contributed by atoms with Crippen LogP contribution in [0.15, 0.2) is 0 Å². The van der Waals surface area contributed by atoms with Gasteiger partial charge in [0.2, 0.25) is 0 Å². The van der Waals surface area contributed by atoms with E-state index in [-0.39, 0.29) is 32.1 Å². The van der Waals surface area contributed by atoms with E-state index >= 15 is 0 Å². The summed E-state index contributed by atoms with van der Waals surface area (Å²) in [4.78, 5) is 47.7. The predicted molar refractivity (Wildman–Crippen MR) is 110 cm³/mol. The molecule has 1 saturated heterocycles. The van der Waals surface area contributed by atoms with Gasteiger partial charge < -0.3 is 24.1 Å². The van der Waals surface area contributed by atoms with Gasteiger partial charge >= 0.3 is 23.9 Å². The van der Waals surface area contributed by atoms with E-state index in [1.807, 2.05) is 20.8 Å². The van der Waals surface area contributed by atoms with Gasteiger partial charge in [-0.25, -0.2) is 0 Å². The third-order valence-corrected chi connectivity index (χ3v) is 4.91. The molecule has 0 radical (unpaired) electrons. The van der Waals surface area contributed by atoms with Crippen LogP contribution < -0.4 is 0 Å². The molecule has 0 aromatic rings. The van der Waals surface area contributed by atoms with Crippen molar-refractivity contribution in [1.82, 2.24) is 0 Å². The lowest BCUT2D eigenvalue weighted by Crippen LogP contribution is -2.60. The van der Waals surface area contributed by atoms with Crippen LogP contribution in [0.3, 0.4) is 0 Å². The van der Waals surface area contributed by atoms with E-state index in [0.717, 1.165) is 0 Å². The second-order valence-electron chi connectivity index (χ2n) is 7.78. The molecule has 0 aliphatic carbocycles. The van der Waals surface area contributed by atoms with Gasteiger partial charge in [-0.1, -0.05) is 20.8 Å². The fraction of sp³-hybridized carbons (Fsp3) is 0.818. The Hall–Kier alpha value is -2.16. The summed E-state index contributed by atoms with van der Waals surface area (Å²) in [5.41, 5.74) is 0. The number of esters is 3. The van der Waals surface area contributed by atoms with Crippen molar-refractivity contribution < 1.29 is 43.2 Å². The van der Waals surface area contributed by atoms with Gasteiger partial charge in [-0.15, -0.1) is 0 Å². The molecule has 9 heteroatoms. The molecule has 1 aliphatic rings. The lowest BCUT2D eigenvalue weighted by molar-refractivity contribution is -0.246. The van der Waals surface area contributed by atoms with Crippen molar-refractivity contribution in [2.45, 2.75) is 116 Å². The molecule has 9 nitrogen and oxygen atoms in total. The average molecular weight is 445 g/mol. The van der Waals surface area contributed by atoms with Gasteiger partial charge in [0.1, 0.15) is 0 Å². The highest BCUT2D eigenvalue weighted by Crippen LogP contribution is 2.31. The second kappa shape index (κ2) is 14.0. The molecule has 1 fully saturated rings. The summed E-state index contributed by atoms with van der Waals surface area (Å²) in [5.74, 6) is -2.37. The number of carboxylic acid groups (broad SMARTS) is 1. The molecule has 1 unspecified atom stereocenters. The molecular formula is C22H36O9. The molecular weight excluding hydrogens is 408 g/mol. The number of ether oxygens (including phenoxy) is 4. The SMILES string of the molecule is CCCC(=O)O[C@@H]1[C@H](OC(=O)CCC)[C@H](C)OC(CCCC(=O)O)[C@@H]1OC(=O)CCC. The summed E-state index contributed by atoms with van der Waals surface area (Å²) < 4.78 is 22.8. The summed E-state index contributed by atoms with van der Waals surface area (Å²) >= 11 is 0. The molecule has 5 atom stereocenters. The van der Waals surface area contributed by atoms with E-state index in [0.29, 0.717) is 25.7 Å². The van der Waals surface area contributed by atoms with E-state index in [1.54, 1.807) is 6.92 Å². The Morgan fingerprint density at radius 2 is 1.19 bits per heavy atom. The first kappa shape index (κ1) is 26.9. The summed E-state index contributed by atoms with van der Waals surface area (Å²) in [6.45, 7) is 7.20. The van der Waals surface area contributed by atoms with E-state index in [9.17, 15) is 19.2 Å². The first-order valence-corrected chi connectivity index (χ1v) is 11.2. The number of hydrogen-bond acceptors (Lipinski definition) is 8. The molecule has 0 saturated carbocycles. The second-order valence-corrected chi connectivity index (χ2v) is 7.78. The van der Waals surface area contributed by atoms with Crippen LogP contribution in [0.25, 0.3) is 0 Å². The normalized spacial score (nSPS) is 25.5. The van der Waals surface area contributed by atoms with Gasteiger partial charge in [0.25, 0.3) is 0 Å². The Bertz CT molecular complexity index is 604. The minimum atomic E-state index is -1.03. The highest BCUT2D eigenvalue weighted by Gasteiger charge is 2.50. The molecule has 178 valence electrons. The zero-order chi connectivity index (χ0) is 23.4. The number of carbonyl (C=O) groups excluding carboxylic acids is 3. The fourth-order valence-electron chi connectivity index (χ4n) is 3.47. The lowest BCUT2D eigenvalue weighted by atomic mass is 9.92. The minimum absolute atomic E-state index is 0.0704. The van der Waals surface area contributed by atoms with E-state index in [1.165, 1.54) is 0 Å². The molecule has 0 bridgehead atoms. The zero-order valence-electron chi connectivity index (χ0n) is 19.0. The van der Waals surface area contributed by atoms with Crippen molar-refractivity contribution in [3.05, 3.63) is 0 Å². The maximum atomic E-state index is 12.3. The van der Waals surface area contributed by atoms with Gasteiger partial charge in [0.05, 0.1) is 12.2 Å². The van der Waals surface area contributed by atoms with Gasteiger partial charge in [-0.3, -0.25) is 19.2 Å². The van der Waals surface area contributed by atoms with Gasteiger partial charge in [0.15, 0.2) is 18.3 Å². The highest BCUT2D eigenvalue weighted by atomic mass is 16.6. The molecule has 31 heavy (non-hydrogen) atoms. The summed E-state index contributed by atoms with van der Waals surface area (Å²) in [6, 6.07) is 0. The molecule has 1 heterocycles. The average Bonchev–Trinajstić information content (AvgIpc) is 2.67. The van der Waals surface area contributed by atoms with Gasteiger partial charge in [-0.2, -0.15) is 0 Å². The lowest BCUT2D eigenvalue weighted by Gasteiger charge is -2.44. The van der Waals surface area contributed by atoms with Crippen LogP contribution in [0.4, 0.5) is 0 Å². The van der Waals surface area contributed by atoms with Crippen LogP contribution in [0, 0.1) is 0 Å². The van der Waals surface area contributed by atoms with E-state index < -0.39 is 54.4 Å². The largest absolute Gasteiger partial charge is 0.481 e. The van der Waals surface area contributed by atoms with Gasteiger partial charge in [-0.05, 0) is 39.0 Å². The highest BCUT2D eigenvalue weighted by molar-refractivity contribution is 5.71. The fourth-order valence-corrected chi connectivity index (χ4v) is 3.47. The Labute approximate surface area is 183 Å². The van der Waals surface area contributed by atoms with Crippen LogP contribution in [0.2, 0.25) is 0 Å². The summed E-state index contributed by atoms with van der Waals surface area (Å²) in [6.07, 6.45) is -1.49. The molecule has 0 aromatic carbocycles. The number of aliphatic carboxylic acids is 1. The Balaban J connectivity index is 3.17. The summed E-state index contributed by atoms with van der Waals surface area (Å²) in [5, 5.41) is 8.94. The number of carboxylic acids is 1. The maximum Gasteiger partial charge on any atom is 0.306 e. The van der Waals surface area contributed by atoms with Crippen molar-refractivity contribution in [3.63, 3.8) is 0 Å². The first-order chi connectivity index (χ1) is 14.7. The summed E-state index contributed by atoms with van der Waals surface area (Å²) in [7, 11) is 0. The smallest absolute Gasteiger partial charge is 0.306 e. The predicted octanol–water partition coefficient (Wildman–Crippen LogP) is 3.16. The molecule has 1 aliphatic heterocycles. The Morgan fingerprint density at radius 1 is 0.742 bits per heavy atom. The minimum Gasteiger partial charge on any atom is -0.481 e. The van der Waals surface area contributed by atoms with Crippen molar-refractivity contribution in [2.24, 2.45) is 0 Å². The molecule has 0 aromatic heterocycles. The maximum absolute atomic E-state index is 12.3. The van der Waals surface area contributed by atoms with Crippen molar-refractivity contribution >= 4 is 23.9 Å². The third-order valence-electron chi connectivity index (χ3n) is 4.91. The molecule has 0 spiro atoms.